The third kappa shape index (κ3) is 3.82. The Morgan fingerprint density at radius 1 is 1.35 bits per heavy atom. The van der Waals surface area contributed by atoms with Crippen molar-refractivity contribution in [1.29, 1.82) is 0 Å². The number of sulfonamides is 1. The molecule has 0 bridgehead atoms. The first-order valence-electron chi connectivity index (χ1n) is 6.38. The van der Waals surface area contributed by atoms with Gasteiger partial charge in [-0.25, -0.2) is 8.42 Å². The first-order valence-corrected chi connectivity index (χ1v) is 9.62. The van der Waals surface area contributed by atoms with E-state index in [2.05, 4.69) is 17.0 Å². The van der Waals surface area contributed by atoms with Gasteiger partial charge in [0, 0.05) is 16.8 Å². The quantitative estimate of drug-likeness (QED) is 0.765. The second-order valence-electron chi connectivity index (χ2n) is 4.47. The fraction of sp³-hybridized carbons (Fsp3) is 0.385. The Bertz CT molecular complexity index is 645. The molecule has 0 unspecified atom stereocenters. The first-order chi connectivity index (χ1) is 9.53. The number of thiophene rings is 2. The molecule has 4 nitrogen and oxygen atoms in total. The monoisotopic (exact) mass is 330 g/mol. The first kappa shape index (κ1) is 15.5. The van der Waals surface area contributed by atoms with Gasteiger partial charge in [-0.1, -0.05) is 6.92 Å². The molecule has 0 spiro atoms. The van der Waals surface area contributed by atoms with Gasteiger partial charge in [0.25, 0.3) is 10.0 Å². The summed E-state index contributed by atoms with van der Waals surface area (Å²) in [5, 5.41) is 6.92. The van der Waals surface area contributed by atoms with Crippen molar-refractivity contribution in [3.63, 3.8) is 0 Å². The highest BCUT2D eigenvalue weighted by molar-refractivity contribution is 7.94. The standard InChI is InChI=1S/C13H18N2O2S3/c1-3-5-14-8-12-10(2)7-13(19-12)20(16,17)15-11-4-6-18-9-11/h4,6-7,9,14-15H,3,5,8H2,1-2H3. The lowest BCUT2D eigenvalue weighted by Crippen LogP contribution is -2.13. The molecule has 2 N–H and O–H groups in total. The maximum absolute atomic E-state index is 12.3. The van der Waals surface area contributed by atoms with Crippen LogP contribution in [0.3, 0.4) is 0 Å². The molecule has 2 aromatic heterocycles. The van der Waals surface area contributed by atoms with Gasteiger partial charge in [-0.3, -0.25) is 4.72 Å². The molecule has 2 aromatic rings. The van der Waals surface area contributed by atoms with E-state index in [-0.39, 0.29) is 0 Å². The normalized spacial score (nSPS) is 11.7. The van der Waals surface area contributed by atoms with Crippen molar-refractivity contribution in [3.05, 3.63) is 33.3 Å². The molecule has 0 amide bonds. The second kappa shape index (κ2) is 6.71. The van der Waals surface area contributed by atoms with Crippen LogP contribution in [-0.4, -0.2) is 15.0 Å². The van der Waals surface area contributed by atoms with Gasteiger partial charge in [0.2, 0.25) is 0 Å². The summed E-state index contributed by atoms with van der Waals surface area (Å²) in [5.74, 6) is 0. The van der Waals surface area contributed by atoms with Crippen molar-refractivity contribution in [3.8, 4) is 0 Å². The summed E-state index contributed by atoms with van der Waals surface area (Å²) < 4.78 is 27.5. The van der Waals surface area contributed by atoms with Crippen LogP contribution in [0.2, 0.25) is 0 Å². The molecule has 0 aliphatic carbocycles. The minimum Gasteiger partial charge on any atom is -0.312 e. The van der Waals surface area contributed by atoms with Crippen LogP contribution < -0.4 is 10.0 Å². The van der Waals surface area contributed by atoms with Gasteiger partial charge < -0.3 is 5.32 Å². The minimum absolute atomic E-state index is 0.370. The highest BCUT2D eigenvalue weighted by atomic mass is 32.2. The Morgan fingerprint density at radius 3 is 2.80 bits per heavy atom. The van der Waals surface area contributed by atoms with Crippen molar-refractivity contribution in [1.82, 2.24) is 5.32 Å². The molecule has 20 heavy (non-hydrogen) atoms. The van der Waals surface area contributed by atoms with Crippen molar-refractivity contribution in [2.75, 3.05) is 11.3 Å². The molecular formula is C13H18N2O2S3. The molecule has 2 rings (SSSR count). The lowest BCUT2D eigenvalue weighted by atomic mass is 10.3. The Balaban J connectivity index is 2.14. The average Bonchev–Trinajstić information content (AvgIpc) is 3.00. The van der Waals surface area contributed by atoms with Crippen LogP contribution in [0, 0.1) is 6.92 Å². The lowest BCUT2D eigenvalue weighted by Gasteiger charge is -2.03. The van der Waals surface area contributed by atoms with E-state index in [1.54, 1.807) is 17.5 Å². The second-order valence-corrected chi connectivity index (χ2v) is 8.29. The smallest absolute Gasteiger partial charge is 0.271 e. The van der Waals surface area contributed by atoms with Crippen molar-refractivity contribution in [2.45, 2.75) is 31.0 Å². The Hall–Kier alpha value is -0.890. The van der Waals surface area contributed by atoms with Crippen LogP contribution in [0.15, 0.2) is 27.1 Å². The van der Waals surface area contributed by atoms with E-state index in [0.717, 1.165) is 30.0 Å². The van der Waals surface area contributed by atoms with Gasteiger partial charge in [0.15, 0.2) is 0 Å². The summed E-state index contributed by atoms with van der Waals surface area (Å²) in [4.78, 5) is 1.07. The average molecular weight is 331 g/mol. The van der Waals surface area contributed by atoms with Gasteiger partial charge in [-0.15, -0.1) is 11.3 Å². The zero-order chi connectivity index (χ0) is 14.6. The predicted octanol–water partition coefficient (Wildman–Crippen LogP) is 3.42. The molecule has 0 saturated carbocycles. The molecule has 110 valence electrons. The van der Waals surface area contributed by atoms with Crippen LogP contribution in [0.1, 0.15) is 23.8 Å². The van der Waals surface area contributed by atoms with Crippen LogP contribution >= 0.6 is 22.7 Å². The summed E-state index contributed by atoms with van der Waals surface area (Å²) >= 11 is 2.79. The third-order valence-electron chi connectivity index (χ3n) is 2.75. The van der Waals surface area contributed by atoms with E-state index < -0.39 is 10.0 Å². The molecule has 0 aliphatic rings. The number of nitrogens with one attached hydrogen (secondary N) is 2. The van der Waals surface area contributed by atoms with Gasteiger partial charge >= 0.3 is 0 Å². The van der Waals surface area contributed by atoms with E-state index >= 15 is 0 Å². The van der Waals surface area contributed by atoms with Gasteiger partial charge in [0.1, 0.15) is 4.21 Å². The highest BCUT2D eigenvalue weighted by Gasteiger charge is 2.19. The fourth-order valence-electron chi connectivity index (χ4n) is 1.70. The molecule has 0 saturated heterocycles. The van der Waals surface area contributed by atoms with E-state index in [1.165, 1.54) is 22.7 Å². The van der Waals surface area contributed by atoms with E-state index in [9.17, 15) is 8.42 Å². The van der Waals surface area contributed by atoms with Crippen LogP contribution in [0.5, 0.6) is 0 Å². The van der Waals surface area contributed by atoms with Gasteiger partial charge in [-0.05, 0) is 43.0 Å². The van der Waals surface area contributed by atoms with Crippen molar-refractivity contribution in [2.24, 2.45) is 0 Å². The van der Waals surface area contributed by atoms with E-state index in [0.29, 0.717) is 9.90 Å². The maximum Gasteiger partial charge on any atom is 0.271 e. The van der Waals surface area contributed by atoms with E-state index in [1.807, 2.05) is 12.3 Å². The zero-order valence-corrected chi connectivity index (χ0v) is 13.9. The molecule has 0 aliphatic heterocycles. The Labute approximate surface area is 127 Å². The third-order valence-corrected chi connectivity index (χ3v) is 6.52. The molecule has 0 atom stereocenters. The van der Waals surface area contributed by atoms with Crippen molar-refractivity contribution < 1.29 is 8.42 Å². The SMILES string of the molecule is CCCNCc1sc(S(=O)(=O)Nc2ccsc2)cc1C. The molecule has 7 heteroatoms. The minimum atomic E-state index is -3.47. The summed E-state index contributed by atoms with van der Waals surface area (Å²) in [6, 6.07) is 3.49. The summed E-state index contributed by atoms with van der Waals surface area (Å²) in [7, 11) is -3.47. The van der Waals surface area contributed by atoms with Gasteiger partial charge in [0.05, 0.1) is 5.69 Å². The number of hydrogen-bond donors (Lipinski definition) is 2. The molecule has 2 heterocycles. The number of aryl methyl sites for hydroxylation is 1. The topological polar surface area (TPSA) is 58.2 Å². The predicted molar refractivity (Wildman–Crippen MR) is 86.2 cm³/mol. The Kier molecular flexibility index (Phi) is 5.20. The van der Waals surface area contributed by atoms with Crippen molar-refractivity contribution >= 4 is 38.4 Å². The fourth-order valence-corrected chi connectivity index (χ4v) is 4.97. The summed E-state index contributed by atoms with van der Waals surface area (Å²) in [6.45, 7) is 5.71. The number of hydrogen-bond acceptors (Lipinski definition) is 5. The number of anilines is 1. The van der Waals surface area contributed by atoms with Gasteiger partial charge in [-0.2, -0.15) is 11.3 Å². The van der Waals surface area contributed by atoms with E-state index in [4.69, 9.17) is 0 Å². The molecule has 0 radical (unpaired) electrons. The summed E-state index contributed by atoms with van der Waals surface area (Å²) in [5.41, 5.74) is 1.64. The maximum atomic E-state index is 12.3. The molecule has 0 aromatic carbocycles. The van der Waals surface area contributed by atoms with Crippen LogP contribution in [-0.2, 0) is 16.6 Å². The summed E-state index contributed by atoms with van der Waals surface area (Å²) in [6.07, 6.45) is 1.06. The largest absolute Gasteiger partial charge is 0.312 e. The number of rotatable bonds is 7. The highest BCUT2D eigenvalue weighted by Crippen LogP contribution is 2.28. The molecular weight excluding hydrogens is 312 g/mol. The lowest BCUT2D eigenvalue weighted by molar-refractivity contribution is 0.603. The van der Waals surface area contributed by atoms with Crippen LogP contribution in [0.4, 0.5) is 5.69 Å². The van der Waals surface area contributed by atoms with Crippen LogP contribution in [0.25, 0.3) is 0 Å². The molecule has 0 fully saturated rings. The Morgan fingerprint density at radius 2 is 2.15 bits per heavy atom. The zero-order valence-electron chi connectivity index (χ0n) is 11.5.